The SMILES string of the molecule is CNC(=O)c1cccc(N2CCc3nc(-c4ccc(OC)nc4)[nH]c3C2)n1. The van der Waals surface area contributed by atoms with Gasteiger partial charge in [0.1, 0.15) is 17.3 Å². The summed E-state index contributed by atoms with van der Waals surface area (Å²) >= 11 is 0. The van der Waals surface area contributed by atoms with E-state index in [2.05, 4.69) is 25.2 Å². The molecule has 3 aromatic rings. The van der Waals surface area contributed by atoms with Crippen LogP contribution < -0.4 is 15.0 Å². The Morgan fingerprint density at radius 3 is 2.89 bits per heavy atom. The molecule has 27 heavy (non-hydrogen) atoms. The first-order valence-corrected chi connectivity index (χ1v) is 8.70. The van der Waals surface area contributed by atoms with E-state index in [1.165, 1.54) is 0 Å². The third-order valence-corrected chi connectivity index (χ3v) is 4.57. The Morgan fingerprint density at radius 1 is 1.26 bits per heavy atom. The Hall–Kier alpha value is -3.42. The minimum Gasteiger partial charge on any atom is -0.481 e. The van der Waals surface area contributed by atoms with Crippen molar-refractivity contribution < 1.29 is 9.53 Å². The molecule has 0 aromatic carbocycles. The van der Waals surface area contributed by atoms with Crippen molar-refractivity contribution >= 4 is 11.7 Å². The molecule has 4 rings (SSSR count). The summed E-state index contributed by atoms with van der Waals surface area (Å²) in [6.07, 6.45) is 2.55. The van der Waals surface area contributed by atoms with E-state index in [1.807, 2.05) is 24.3 Å². The van der Waals surface area contributed by atoms with Crippen molar-refractivity contribution in [2.45, 2.75) is 13.0 Å². The molecule has 4 heterocycles. The molecule has 0 spiro atoms. The number of aromatic nitrogens is 4. The Bertz CT molecular complexity index is 967. The van der Waals surface area contributed by atoms with E-state index in [0.29, 0.717) is 18.1 Å². The molecule has 1 aliphatic heterocycles. The fraction of sp³-hybridized carbons (Fsp3) is 0.263. The third kappa shape index (κ3) is 3.33. The first-order valence-electron chi connectivity index (χ1n) is 8.70. The van der Waals surface area contributed by atoms with Crippen LogP contribution in [0, 0.1) is 0 Å². The number of hydrogen-bond acceptors (Lipinski definition) is 6. The highest BCUT2D eigenvalue weighted by atomic mass is 16.5. The van der Waals surface area contributed by atoms with E-state index >= 15 is 0 Å². The number of pyridine rings is 2. The normalized spacial score (nSPS) is 13.2. The summed E-state index contributed by atoms with van der Waals surface area (Å²) in [6.45, 7) is 1.46. The number of carbonyl (C=O) groups is 1. The lowest BCUT2D eigenvalue weighted by Gasteiger charge is -2.27. The molecule has 0 unspecified atom stereocenters. The van der Waals surface area contributed by atoms with Gasteiger partial charge in [0.15, 0.2) is 0 Å². The molecular formula is C19H20N6O2. The zero-order valence-corrected chi connectivity index (χ0v) is 15.2. The fourth-order valence-corrected chi connectivity index (χ4v) is 3.12. The highest BCUT2D eigenvalue weighted by Gasteiger charge is 2.22. The quantitative estimate of drug-likeness (QED) is 0.733. The van der Waals surface area contributed by atoms with Crippen LogP contribution in [0.1, 0.15) is 21.9 Å². The molecule has 0 saturated heterocycles. The molecule has 0 aliphatic carbocycles. The number of carbonyl (C=O) groups excluding carboxylic acids is 1. The Morgan fingerprint density at radius 2 is 2.15 bits per heavy atom. The van der Waals surface area contributed by atoms with Gasteiger partial charge >= 0.3 is 0 Å². The standard InChI is InChI=1S/C19H20N6O2/c1-20-19(26)14-4-3-5-16(22-14)25-9-8-13-15(11-25)24-18(23-13)12-6-7-17(27-2)21-10-12/h3-7,10H,8-9,11H2,1-2H3,(H,20,26)(H,23,24). The van der Waals surface area contributed by atoms with E-state index in [9.17, 15) is 4.79 Å². The van der Waals surface area contributed by atoms with Crippen molar-refractivity contribution in [3.8, 4) is 17.3 Å². The second-order valence-electron chi connectivity index (χ2n) is 6.23. The van der Waals surface area contributed by atoms with Crippen LogP contribution in [-0.4, -0.2) is 46.5 Å². The molecule has 8 heteroatoms. The maximum atomic E-state index is 11.8. The van der Waals surface area contributed by atoms with Crippen LogP contribution in [0.3, 0.4) is 0 Å². The van der Waals surface area contributed by atoms with E-state index in [0.717, 1.165) is 41.6 Å². The summed E-state index contributed by atoms with van der Waals surface area (Å²) in [7, 11) is 3.19. The van der Waals surface area contributed by atoms with Crippen LogP contribution in [0.2, 0.25) is 0 Å². The minimum atomic E-state index is -0.189. The second-order valence-corrected chi connectivity index (χ2v) is 6.23. The van der Waals surface area contributed by atoms with Gasteiger partial charge in [-0.05, 0) is 18.2 Å². The van der Waals surface area contributed by atoms with Gasteiger partial charge in [-0.15, -0.1) is 0 Å². The Labute approximate surface area is 156 Å². The lowest BCUT2D eigenvalue weighted by atomic mass is 10.1. The van der Waals surface area contributed by atoms with Crippen molar-refractivity contribution in [2.75, 3.05) is 25.6 Å². The number of hydrogen-bond donors (Lipinski definition) is 2. The summed E-state index contributed by atoms with van der Waals surface area (Å²) in [5.74, 6) is 1.96. The number of rotatable bonds is 4. The van der Waals surface area contributed by atoms with E-state index in [4.69, 9.17) is 9.72 Å². The zero-order valence-electron chi connectivity index (χ0n) is 15.2. The summed E-state index contributed by atoms with van der Waals surface area (Å²) in [5, 5.41) is 2.61. The maximum Gasteiger partial charge on any atom is 0.269 e. The van der Waals surface area contributed by atoms with Crippen LogP contribution in [0.25, 0.3) is 11.4 Å². The topological polar surface area (TPSA) is 96.0 Å². The summed E-state index contributed by atoms with van der Waals surface area (Å²) in [4.78, 5) is 30.8. The monoisotopic (exact) mass is 364 g/mol. The number of aromatic amines is 1. The van der Waals surface area contributed by atoms with Crippen LogP contribution in [0.4, 0.5) is 5.82 Å². The van der Waals surface area contributed by atoms with Crippen molar-refractivity contribution in [3.05, 3.63) is 53.6 Å². The van der Waals surface area contributed by atoms with Gasteiger partial charge in [0.25, 0.3) is 5.91 Å². The lowest BCUT2D eigenvalue weighted by molar-refractivity contribution is 0.0958. The van der Waals surface area contributed by atoms with Crippen LogP contribution in [-0.2, 0) is 13.0 Å². The van der Waals surface area contributed by atoms with Crippen LogP contribution >= 0.6 is 0 Å². The second kappa shape index (κ2) is 7.06. The smallest absolute Gasteiger partial charge is 0.269 e. The Balaban J connectivity index is 1.57. The highest BCUT2D eigenvalue weighted by Crippen LogP contribution is 2.25. The van der Waals surface area contributed by atoms with E-state index in [-0.39, 0.29) is 5.91 Å². The van der Waals surface area contributed by atoms with Gasteiger partial charge in [-0.1, -0.05) is 6.07 Å². The summed E-state index contributed by atoms with van der Waals surface area (Å²) in [5.41, 5.74) is 3.44. The van der Waals surface area contributed by atoms with Crippen molar-refractivity contribution in [2.24, 2.45) is 0 Å². The molecule has 138 valence electrons. The number of nitrogens with one attached hydrogen (secondary N) is 2. The van der Waals surface area contributed by atoms with Crippen LogP contribution in [0.5, 0.6) is 5.88 Å². The first-order chi connectivity index (χ1) is 13.2. The molecule has 8 nitrogen and oxygen atoms in total. The van der Waals surface area contributed by atoms with Crippen LogP contribution in [0.15, 0.2) is 36.5 Å². The largest absolute Gasteiger partial charge is 0.481 e. The predicted molar refractivity (Wildman–Crippen MR) is 101 cm³/mol. The molecule has 0 fully saturated rings. The van der Waals surface area contributed by atoms with Gasteiger partial charge in [-0.3, -0.25) is 4.79 Å². The molecule has 1 aliphatic rings. The highest BCUT2D eigenvalue weighted by molar-refractivity contribution is 5.92. The number of anilines is 1. The van der Waals surface area contributed by atoms with Crippen molar-refractivity contribution in [1.82, 2.24) is 25.3 Å². The number of imidazole rings is 1. The molecule has 0 atom stereocenters. The number of methoxy groups -OCH3 is 1. The van der Waals surface area contributed by atoms with E-state index < -0.39 is 0 Å². The number of ether oxygens (including phenoxy) is 1. The van der Waals surface area contributed by atoms with Gasteiger partial charge in [0.05, 0.1) is 25.0 Å². The first kappa shape index (κ1) is 17.0. The molecule has 0 bridgehead atoms. The van der Waals surface area contributed by atoms with Crippen molar-refractivity contribution in [1.29, 1.82) is 0 Å². The molecule has 3 aromatic heterocycles. The lowest BCUT2D eigenvalue weighted by Crippen LogP contribution is -2.31. The number of H-pyrrole nitrogens is 1. The van der Waals surface area contributed by atoms with Gasteiger partial charge < -0.3 is 19.9 Å². The average molecular weight is 364 g/mol. The van der Waals surface area contributed by atoms with Gasteiger partial charge in [0, 0.05) is 37.8 Å². The van der Waals surface area contributed by atoms with E-state index in [1.54, 1.807) is 26.4 Å². The third-order valence-electron chi connectivity index (χ3n) is 4.57. The molecule has 1 amide bonds. The zero-order chi connectivity index (χ0) is 18.8. The summed E-state index contributed by atoms with van der Waals surface area (Å²) in [6, 6.07) is 9.23. The number of amides is 1. The number of nitrogens with zero attached hydrogens (tertiary/aromatic N) is 4. The molecular weight excluding hydrogens is 344 g/mol. The maximum absolute atomic E-state index is 11.8. The van der Waals surface area contributed by atoms with Gasteiger partial charge in [-0.2, -0.15) is 0 Å². The van der Waals surface area contributed by atoms with Gasteiger partial charge in [-0.25, -0.2) is 15.0 Å². The predicted octanol–water partition coefficient (Wildman–Crippen LogP) is 1.80. The van der Waals surface area contributed by atoms with Crippen molar-refractivity contribution in [3.63, 3.8) is 0 Å². The molecule has 0 radical (unpaired) electrons. The molecule has 0 saturated carbocycles. The summed E-state index contributed by atoms with van der Waals surface area (Å²) < 4.78 is 5.10. The fourth-order valence-electron chi connectivity index (χ4n) is 3.12. The van der Waals surface area contributed by atoms with Gasteiger partial charge in [0.2, 0.25) is 5.88 Å². The average Bonchev–Trinajstić information content (AvgIpc) is 3.16. The minimum absolute atomic E-state index is 0.189. The Kier molecular flexibility index (Phi) is 4.45. The number of fused-ring (bicyclic) bond motifs is 1. The molecule has 2 N–H and O–H groups in total.